The number of halogens is 3. The largest absolute Gasteiger partial charge is 0.479 e. The van der Waals surface area contributed by atoms with Crippen molar-refractivity contribution in [2.24, 2.45) is 0 Å². The maximum Gasteiger partial charge on any atom is 0.335 e. The zero-order chi connectivity index (χ0) is 26.7. The summed E-state index contributed by atoms with van der Waals surface area (Å²) in [5, 5.41) is 37.0. The van der Waals surface area contributed by atoms with Crippen LogP contribution in [0.5, 0.6) is 0 Å². The van der Waals surface area contributed by atoms with E-state index >= 15 is 4.39 Å². The fourth-order valence-corrected chi connectivity index (χ4v) is 5.67. The highest BCUT2D eigenvalue weighted by Crippen LogP contribution is 2.49. The molecule has 0 radical (unpaired) electrons. The van der Waals surface area contributed by atoms with Gasteiger partial charge in [-0.15, -0.1) is 0 Å². The predicted octanol–water partition coefficient (Wildman–Crippen LogP) is 5.59. The van der Waals surface area contributed by atoms with E-state index in [4.69, 9.17) is 0 Å². The lowest BCUT2D eigenvalue weighted by atomic mass is 9.72. The third-order valence-corrected chi connectivity index (χ3v) is 7.59. The summed E-state index contributed by atoms with van der Waals surface area (Å²) < 4.78 is 46.2. The highest BCUT2D eigenvalue weighted by Gasteiger charge is 2.43. The molecule has 7 nitrogen and oxygen atoms in total. The lowest BCUT2D eigenvalue weighted by molar-refractivity contribution is -0.162. The van der Waals surface area contributed by atoms with E-state index in [0.29, 0.717) is 22.2 Å². The molecule has 10 heteroatoms. The van der Waals surface area contributed by atoms with Crippen molar-refractivity contribution in [3.63, 3.8) is 0 Å². The Bertz CT molecular complexity index is 1590. The first-order valence-electron chi connectivity index (χ1n) is 12.0. The number of benzene rings is 2. The summed E-state index contributed by atoms with van der Waals surface area (Å²) in [4.78, 5) is 11.6. The molecule has 1 saturated carbocycles. The minimum atomic E-state index is -1.87. The quantitative estimate of drug-likeness (QED) is 0.324. The van der Waals surface area contributed by atoms with Gasteiger partial charge in [-0.05, 0) is 55.4 Å². The van der Waals surface area contributed by atoms with Gasteiger partial charge in [-0.25, -0.2) is 18.0 Å². The minimum Gasteiger partial charge on any atom is -0.479 e. The smallest absolute Gasteiger partial charge is 0.335 e. The maximum absolute atomic E-state index is 16.2. The SMILES string of the molecule is CC(C)(CC#N)c1c(C2CCC(O)(C(=O)O)CC2)c2c(F)c3[nH]ncc3cc2n1-c1ccc(F)c(F)c1. The summed E-state index contributed by atoms with van der Waals surface area (Å²) >= 11 is 0. The molecule has 0 aliphatic heterocycles. The van der Waals surface area contributed by atoms with E-state index in [1.165, 1.54) is 12.3 Å². The fourth-order valence-electron chi connectivity index (χ4n) is 5.67. The summed E-state index contributed by atoms with van der Waals surface area (Å²) in [7, 11) is 0. The number of carboxylic acids is 1. The van der Waals surface area contributed by atoms with E-state index in [-0.39, 0.29) is 54.6 Å². The molecule has 1 aliphatic carbocycles. The van der Waals surface area contributed by atoms with E-state index in [9.17, 15) is 29.1 Å². The number of hydrogen-bond acceptors (Lipinski definition) is 4. The number of nitrogens with one attached hydrogen (secondary N) is 1. The Balaban J connectivity index is 1.88. The monoisotopic (exact) mass is 510 g/mol. The number of aliphatic hydroxyl groups is 1. The molecule has 2 aromatic carbocycles. The number of aromatic amines is 1. The van der Waals surface area contributed by atoms with Crippen LogP contribution in [0.3, 0.4) is 0 Å². The van der Waals surface area contributed by atoms with Crippen molar-refractivity contribution in [3.05, 3.63) is 59.2 Å². The zero-order valence-corrected chi connectivity index (χ0v) is 20.3. The summed E-state index contributed by atoms with van der Waals surface area (Å²) in [5.41, 5.74) is -0.761. The third kappa shape index (κ3) is 3.85. The average Bonchev–Trinajstić information content (AvgIpc) is 3.45. The van der Waals surface area contributed by atoms with Gasteiger partial charge >= 0.3 is 5.97 Å². The number of nitrogens with zero attached hydrogens (tertiary/aromatic N) is 3. The van der Waals surface area contributed by atoms with Crippen LogP contribution < -0.4 is 0 Å². The van der Waals surface area contributed by atoms with Gasteiger partial charge in [-0.1, -0.05) is 13.8 Å². The summed E-state index contributed by atoms with van der Waals surface area (Å²) in [6.07, 6.45) is 1.97. The van der Waals surface area contributed by atoms with Gasteiger partial charge in [0, 0.05) is 40.1 Å². The van der Waals surface area contributed by atoms with Crippen LogP contribution in [0.4, 0.5) is 13.2 Å². The van der Waals surface area contributed by atoms with Gasteiger partial charge in [0.25, 0.3) is 0 Å². The van der Waals surface area contributed by atoms with E-state index in [1.807, 2.05) is 13.8 Å². The minimum absolute atomic E-state index is 0.0309. The van der Waals surface area contributed by atoms with Crippen molar-refractivity contribution in [3.8, 4) is 11.8 Å². The van der Waals surface area contributed by atoms with E-state index < -0.39 is 34.4 Å². The van der Waals surface area contributed by atoms with Crippen LogP contribution in [0.1, 0.15) is 63.1 Å². The topological polar surface area (TPSA) is 115 Å². The standard InChI is InChI=1S/C27H25F3N4O3/c1-26(2,9-10-31)24-20(14-5-7-27(37,8-6-14)25(35)36)21-19(11-15-13-32-33-23(15)22(21)30)34(24)16-3-4-17(28)18(29)12-16/h3-4,11-14,37H,5-9H2,1-2H3,(H,32,33)(H,35,36). The molecule has 2 aromatic heterocycles. The summed E-state index contributed by atoms with van der Waals surface area (Å²) in [6.45, 7) is 3.65. The van der Waals surface area contributed by atoms with Crippen LogP contribution in [-0.2, 0) is 10.2 Å². The summed E-state index contributed by atoms with van der Waals surface area (Å²) in [6, 6.07) is 7.32. The van der Waals surface area contributed by atoms with Gasteiger partial charge in [-0.2, -0.15) is 10.4 Å². The van der Waals surface area contributed by atoms with Gasteiger partial charge in [0.05, 0.1) is 17.8 Å². The number of rotatable bonds is 5. The number of carboxylic acid groups (broad SMARTS) is 1. The Hall–Kier alpha value is -3.84. The first kappa shape index (κ1) is 24.8. The zero-order valence-electron chi connectivity index (χ0n) is 20.3. The van der Waals surface area contributed by atoms with Crippen LogP contribution in [0, 0.1) is 28.8 Å². The normalized spacial score (nSPS) is 20.4. The first-order chi connectivity index (χ1) is 17.5. The Morgan fingerprint density at radius 1 is 1.24 bits per heavy atom. The molecule has 0 atom stereocenters. The molecule has 4 aromatic rings. The van der Waals surface area contributed by atoms with Crippen LogP contribution >= 0.6 is 0 Å². The number of carbonyl (C=O) groups is 1. The van der Waals surface area contributed by atoms with Crippen LogP contribution in [0.2, 0.25) is 0 Å². The second-order valence-electron chi connectivity index (χ2n) is 10.4. The molecule has 192 valence electrons. The third-order valence-electron chi connectivity index (χ3n) is 7.59. The van der Waals surface area contributed by atoms with Crippen LogP contribution in [0.25, 0.3) is 27.5 Å². The molecule has 2 heterocycles. The molecule has 0 saturated heterocycles. The number of fused-ring (bicyclic) bond motifs is 2. The molecular weight excluding hydrogens is 485 g/mol. The molecular formula is C27H25F3N4O3. The lowest BCUT2D eigenvalue weighted by Gasteiger charge is -2.35. The number of H-pyrrole nitrogens is 1. The Kier molecular flexibility index (Phi) is 5.79. The fraction of sp³-hybridized carbons (Fsp3) is 0.370. The van der Waals surface area contributed by atoms with Gasteiger partial charge < -0.3 is 14.8 Å². The van der Waals surface area contributed by atoms with Crippen molar-refractivity contribution in [1.82, 2.24) is 14.8 Å². The molecule has 0 bridgehead atoms. The highest BCUT2D eigenvalue weighted by atomic mass is 19.2. The number of aromatic nitrogens is 3. The number of nitriles is 1. The number of hydrogen-bond donors (Lipinski definition) is 3. The average molecular weight is 511 g/mol. The highest BCUT2D eigenvalue weighted by molar-refractivity contribution is 6.00. The Labute approximate surface area is 210 Å². The lowest BCUT2D eigenvalue weighted by Crippen LogP contribution is -2.41. The molecule has 0 amide bonds. The molecule has 37 heavy (non-hydrogen) atoms. The number of aliphatic carboxylic acids is 1. The molecule has 3 N–H and O–H groups in total. The molecule has 1 aliphatic rings. The Morgan fingerprint density at radius 3 is 2.57 bits per heavy atom. The Morgan fingerprint density at radius 2 is 1.95 bits per heavy atom. The molecule has 0 spiro atoms. The van der Waals surface area contributed by atoms with Gasteiger partial charge in [0.15, 0.2) is 23.1 Å². The van der Waals surface area contributed by atoms with Crippen molar-refractivity contribution >= 4 is 27.8 Å². The molecule has 5 rings (SSSR count). The van der Waals surface area contributed by atoms with Crippen molar-refractivity contribution < 1.29 is 28.2 Å². The van der Waals surface area contributed by atoms with Crippen molar-refractivity contribution in [2.75, 3.05) is 0 Å². The van der Waals surface area contributed by atoms with Gasteiger partial charge in [0.2, 0.25) is 0 Å². The summed E-state index contributed by atoms with van der Waals surface area (Å²) in [5.74, 6) is -4.32. The van der Waals surface area contributed by atoms with E-state index in [2.05, 4.69) is 16.3 Å². The van der Waals surface area contributed by atoms with Gasteiger partial charge in [-0.3, -0.25) is 5.10 Å². The maximum atomic E-state index is 16.2. The molecule has 1 fully saturated rings. The molecule has 0 unspecified atom stereocenters. The van der Waals surface area contributed by atoms with E-state index in [1.54, 1.807) is 10.6 Å². The van der Waals surface area contributed by atoms with Crippen molar-refractivity contribution in [1.29, 1.82) is 5.26 Å². The second-order valence-corrected chi connectivity index (χ2v) is 10.4. The first-order valence-corrected chi connectivity index (χ1v) is 12.0. The van der Waals surface area contributed by atoms with Crippen LogP contribution in [0.15, 0.2) is 30.5 Å². The van der Waals surface area contributed by atoms with Gasteiger partial charge in [0.1, 0.15) is 5.52 Å². The van der Waals surface area contributed by atoms with Crippen LogP contribution in [-0.4, -0.2) is 36.5 Å². The van der Waals surface area contributed by atoms with E-state index in [0.717, 1.165) is 12.1 Å². The second kappa shape index (κ2) is 8.63. The van der Waals surface area contributed by atoms with Crippen molar-refractivity contribution in [2.45, 2.75) is 62.9 Å². The predicted molar refractivity (Wildman–Crippen MR) is 130 cm³/mol.